The van der Waals surface area contributed by atoms with Crippen LogP contribution in [-0.2, 0) is 22.4 Å². The van der Waals surface area contributed by atoms with E-state index in [2.05, 4.69) is 10.1 Å². The number of nitrogens with zero attached hydrogens (tertiary/aromatic N) is 2. The van der Waals surface area contributed by atoms with Gasteiger partial charge in [0.25, 0.3) is 0 Å². The fourth-order valence-electron chi connectivity index (χ4n) is 1.05. The average Bonchev–Trinajstić information content (AvgIpc) is 2.52. The molecule has 0 spiro atoms. The predicted octanol–water partition coefficient (Wildman–Crippen LogP) is 0.780. The molecular formula is C9H14N2O3. The molecule has 1 aromatic rings. The van der Waals surface area contributed by atoms with Gasteiger partial charge in [-0.1, -0.05) is 5.16 Å². The van der Waals surface area contributed by atoms with E-state index >= 15 is 0 Å². The van der Waals surface area contributed by atoms with Gasteiger partial charge in [0.05, 0.1) is 6.42 Å². The van der Waals surface area contributed by atoms with E-state index in [0.717, 1.165) is 6.42 Å². The molecule has 1 heterocycles. The summed E-state index contributed by atoms with van der Waals surface area (Å²) < 4.78 is 9.83. The lowest BCUT2D eigenvalue weighted by molar-refractivity contribution is -0.116. The first-order valence-corrected chi connectivity index (χ1v) is 4.52. The zero-order valence-corrected chi connectivity index (χ0v) is 8.45. The van der Waals surface area contributed by atoms with E-state index < -0.39 is 0 Å². The molecule has 0 radical (unpaired) electrons. The number of aromatic nitrogens is 2. The van der Waals surface area contributed by atoms with Crippen molar-refractivity contribution < 1.29 is 14.1 Å². The maximum absolute atomic E-state index is 10.7. The van der Waals surface area contributed by atoms with Gasteiger partial charge in [-0.05, 0) is 13.3 Å². The van der Waals surface area contributed by atoms with E-state index in [0.29, 0.717) is 24.7 Å². The Labute approximate surface area is 82.4 Å². The SMILES string of the molecule is COCCCc1nc(CC(C)=O)no1. The predicted molar refractivity (Wildman–Crippen MR) is 48.9 cm³/mol. The molecule has 1 aromatic heterocycles. The Morgan fingerprint density at radius 3 is 3.00 bits per heavy atom. The number of carbonyl (C=O) groups excluding carboxylic acids is 1. The summed E-state index contributed by atoms with van der Waals surface area (Å²) in [6.07, 6.45) is 1.78. The van der Waals surface area contributed by atoms with Gasteiger partial charge < -0.3 is 9.26 Å². The second-order valence-electron chi connectivity index (χ2n) is 3.08. The third-order valence-electron chi connectivity index (χ3n) is 1.66. The minimum Gasteiger partial charge on any atom is -0.385 e. The second kappa shape index (κ2) is 5.49. The third-order valence-corrected chi connectivity index (χ3v) is 1.66. The summed E-state index contributed by atoms with van der Waals surface area (Å²) in [4.78, 5) is 14.8. The van der Waals surface area contributed by atoms with E-state index in [9.17, 15) is 4.79 Å². The van der Waals surface area contributed by atoms with Crippen LogP contribution in [0.3, 0.4) is 0 Å². The topological polar surface area (TPSA) is 65.2 Å². The van der Waals surface area contributed by atoms with Crippen LogP contribution in [0.2, 0.25) is 0 Å². The van der Waals surface area contributed by atoms with Crippen molar-refractivity contribution in [3.05, 3.63) is 11.7 Å². The zero-order valence-electron chi connectivity index (χ0n) is 8.45. The van der Waals surface area contributed by atoms with Gasteiger partial charge >= 0.3 is 0 Å². The number of carbonyl (C=O) groups is 1. The lowest BCUT2D eigenvalue weighted by Gasteiger charge is -1.92. The summed E-state index contributed by atoms with van der Waals surface area (Å²) in [7, 11) is 1.65. The molecule has 0 saturated carbocycles. The number of aryl methyl sites for hydroxylation is 1. The molecule has 0 unspecified atom stereocenters. The van der Waals surface area contributed by atoms with Crippen LogP contribution in [0.4, 0.5) is 0 Å². The summed E-state index contributed by atoms with van der Waals surface area (Å²) >= 11 is 0. The molecule has 1 rings (SSSR count). The van der Waals surface area contributed by atoms with Crippen LogP contribution in [0.5, 0.6) is 0 Å². The maximum atomic E-state index is 10.7. The minimum atomic E-state index is 0.0363. The van der Waals surface area contributed by atoms with E-state index in [1.807, 2.05) is 0 Å². The summed E-state index contributed by atoms with van der Waals surface area (Å²) in [5, 5.41) is 3.69. The third kappa shape index (κ3) is 3.66. The Morgan fingerprint density at radius 1 is 1.57 bits per heavy atom. The Balaban J connectivity index is 2.38. The van der Waals surface area contributed by atoms with Gasteiger partial charge in [0.2, 0.25) is 5.89 Å². The molecular weight excluding hydrogens is 184 g/mol. The zero-order chi connectivity index (χ0) is 10.4. The molecule has 0 aliphatic heterocycles. The number of hydrogen-bond acceptors (Lipinski definition) is 5. The van der Waals surface area contributed by atoms with Gasteiger partial charge in [-0.25, -0.2) is 0 Å². The maximum Gasteiger partial charge on any atom is 0.226 e. The van der Waals surface area contributed by atoms with Gasteiger partial charge in [-0.15, -0.1) is 0 Å². The molecule has 14 heavy (non-hydrogen) atoms. The second-order valence-corrected chi connectivity index (χ2v) is 3.08. The smallest absolute Gasteiger partial charge is 0.226 e. The molecule has 0 saturated heterocycles. The van der Waals surface area contributed by atoms with E-state index in [4.69, 9.17) is 9.26 Å². The summed E-state index contributed by atoms with van der Waals surface area (Å²) in [5.41, 5.74) is 0. The van der Waals surface area contributed by atoms with Crippen LogP contribution in [0.1, 0.15) is 25.1 Å². The van der Waals surface area contributed by atoms with Crippen molar-refractivity contribution >= 4 is 5.78 Å². The van der Waals surface area contributed by atoms with E-state index in [1.165, 1.54) is 6.92 Å². The first kappa shape index (κ1) is 10.8. The first-order valence-electron chi connectivity index (χ1n) is 4.52. The number of rotatable bonds is 6. The van der Waals surface area contributed by atoms with Crippen LogP contribution in [0.25, 0.3) is 0 Å². The van der Waals surface area contributed by atoms with Gasteiger partial charge in [0.15, 0.2) is 5.82 Å². The highest BCUT2D eigenvalue weighted by Crippen LogP contribution is 2.01. The summed E-state index contributed by atoms with van der Waals surface area (Å²) in [6.45, 7) is 2.17. The molecule has 5 heteroatoms. The number of ether oxygens (including phenoxy) is 1. The van der Waals surface area contributed by atoms with Crippen LogP contribution in [0, 0.1) is 0 Å². The molecule has 0 aromatic carbocycles. The Bertz CT molecular complexity index is 296. The Hall–Kier alpha value is -1.23. The van der Waals surface area contributed by atoms with Gasteiger partial charge in [0, 0.05) is 20.1 Å². The first-order chi connectivity index (χ1) is 6.72. The average molecular weight is 198 g/mol. The van der Waals surface area contributed by atoms with Crippen LogP contribution in [-0.4, -0.2) is 29.6 Å². The highest BCUT2D eigenvalue weighted by molar-refractivity contribution is 5.77. The Morgan fingerprint density at radius 2 is 2.36 bits per heavy atom. The van der Waals surface area contributed by atoms with Crippen molar-refractivity contribution in [1.29, 1.82) is 0 Å². The minimum absolute atomic E-state index is 0.0363. The summed E-state index contributed by atoms with van der Waals surface area (Å²) in [6, 6.07) is 0. The fourth-order valence-corrected chi connectivity index (χ4v) is 1.05. The van der Waals surface area contributed by atoms with Gasteiger partial charge in [0.1, 0.15) is 5.78 Å². The lowest BCUT2D eigenvalue weighted by atomic mass is 10.3. The highest BCUT2D eigenvalue weighted by atomic mass is 16.5. The molecule has 78 valence electrons. The van der Waals surface area contributed by atoms with Crippen molar-refractivity contribution in [3.8, 4) is 0 Å². The highest BCUT2D eigenvalue weighted by Gasteiger charge is 2.07. The van der Waals surface area contributed by atoms with Crippen molar-refractivity contribution in [2.24, 2.45) is 0 Å². The molecule has 0 fully saturated rings. The summed E-state index contributed by atoms with van der Waals surface area (Å²) in [5.74, 6) is 1.07. The molecule has 0 aliphatic carbocycles. The Kier molecular flexibility index (Phi) is 4.25. The standard InChI is InChI=1S/C9H14N2O3/c1-7(12)6-8-10-9(14-11-8)4-3-5-13-2/h3-6H2,1-2H3. The van der Waals surface area contributed by atoms with Gasteiger partial charge in [-0.2, -0.15) is 4.98 Å². The number of methoxy groups -OCH3 is 1. The van der Waals surface area contributed by atoms with Crippen LogP contribution in [0.15, 0.2) is 4.52 Å². The normalized spacial score (nSPS) is 10.4. The lowest BCUT2D eigenvalue weighted by Crippen LogP contribution is -1.98. The molecule has 0 atom stereocenters. The van der Waals surface area contributed by atoms with Crippen molar-refractivity contribution in [3.63, 3.8) is 0 Å². The number of Topliss-reactive ketones (excluding diaryl/α,β-unsaturated/α-hetero) is 1. The molecule has 0 amide bonds. The monoisotopic (exact) mass is 198 g/mol. The van der Waals surface area contributed by atoms with E-state index in [-0.39, 0.29) is 12.2 Å². The van der Waals surface area contributed by atoms with Gasteiger partial charge in [-0.3, -0.25) is 4.79 Å². The largest absolute Gasteiger partial charge is 0.385 e. The van der Waals surface area contributed by atoms with Crippen molar-refractivity contribution in [2.45, 2.75) is 26.2 Å². The quantitative estimate of drug-likeness (QED) is 0.632. The molecule has 0 bridgehead atoms. The number of hydrogen-bond donors (Lipinski definition) is 0. The molecule has 0 aliphatic rings. The molecule has 0 N–H and O–H groups in total. The van der Waals surface area contributed by atoms with Crippen molar-refractivity contribution in [2.75, 3.05) is 13.7 Å². The fraction of sp³-hybridized carbons (Fsp3) is 0.667. The van der Waals surface area contributed by atoms with Crippen molar-refractivity contribution in [1.82, 2.24) is 10.1 Å². The molecule has 5 nitrogen and oxygen atoms in total. The van der Waals surface area contributed by atoms with Crippen LogP contribution >= 0.6 is 0 Å². The van der Waals surface area contributed by atoms with E-state index in [1.54, 1.807) is 7.11 Å². The van der Waals surface area contributed by atoms with Crippen LogP contribution < -0.4 is 0 Å². The number of ketones is 1.